The molecule has 2 aromatic carbocycles. The lowest BCUT2D eigenvalue weighted by atomic mass is 10.0. The van der Waals surface area contributed by atoms with E-state index in [4.69, 9.17) is 9.72 Å². The molecule has 0 atom stereocenters. The molecule has 0 saturated heterocycles. The number of hydrogen-bond donors (Lipinski definition) is 1. The van der Waals surface area contributed by atoms with E-state index in [1.54, 1.807) is 31.2 Å². The highest BCUT2D eigenvalue weighted by atomic mass is 32.2. The molecule has 1 N–H and O–H groups in total. The van der Waals surface area contributed by atoms with E-state index in [1.807, 2.05) is 51.1 Å². The number of nitrogens with zero attached hydrogens (tertiary/aromatic N) is 3. The molecule has 3 heterocycles. The summed E-state index contributed by atoms with van der Waals surface area (Å²) in [5.41, 5.74) is 6.38. The first-order valence-electron chi connectivity index (χ1n) is 13.8. The first-order chi connectivity index (χ1) is 20.1. The lowest BCUT2D eigenvalue weighted by molar-refractivity contribution is 0.0978. The summed E-state index contributed by atoms with van der Waals surface area (Å²) in [4.78, 5) is 24.6. The van der Waals surface area contributed by atoms with E-state index in [9.17, 15) is 13.2 Å². The van der Waals surface area contributed by atoms with Crippen molar-refractivity contribution in [3.8, 4) is 11.6 Å². The Labute approximate surface area is 250 Å². The van der Waals surface area contributed by atoms with Gasteiger partial charge in [0, 0.05) is 28.2 Å². The molecule has 42 heavy (non-hydrogen) atoms. The molecule has 0 spiro atoms. The average molecular weight is 587 g/mol. The molecule has 0 unspecified atom stereocenters. The summed E-state index contributed by atoms with van der Waals surface area (Å²) in [7, 11) is -4.22. The van der Waals surface area contributed by atoms with Crippen molar-refractivity contribution < 1.29 is 20.8 Å². The monoisotopic (exact) mass is 586 g/mol. The van der Waals surface area contributed by atoms with Crippen LogP contribution in [0.1, 0.15) is 53.3 Å². The molecule has 0 saturated carbocycles. The largest absolute Gasteiger partial charge is 0.438 e. The standard InChI is InChI=1S/C33H34N4O4S.2H2/c1-22-19-23(2)31(24(3)20-22)41-33-28(32(38)36-42(39,40)30-12-8-9-25(4)34-30)13-14-29(35-33)27-15-17-37(18-16-27)21-26-10-6-5-7-11-26;;/h5-15,19-20H,16-18,21H2,1-4H3,(H,36,38);2*1H. The third-order valence-corrected chi connectivity index (χ3v) is 8.38. The van der Waals surface area contributed by atoms with Gasteiger partial charge in [-0.05, 0) is 80.6 Å². The van der Waals surface area contributed by atoms with Crippen LogP contribution in [0.3, 0.4) is 0 Å². The number of pyridine rings is 2. The zero-order valence-electron chi connectivity index (χ0n) is 24.2. The number of benzene rings is 2. The van der Waals surface area contributed by atoms with Gasteiger partial charge in [-0.15, -0.1) is 0 Å². The fourth-order valence-corrected chi connectivity index (χ4v) is 6.10. The van der Waals surface area contributed by atoms with Crippen molar-refractivity contribution in [3.05, 3.63) is 118 Å². The molecular weight excluding hydrogens is 548 g/mol. The van der Waals surface area contributed by atoms with Crippen molar-refractivity contribution in [1.82, 2.24) is 19.6 Å². The highest BCUT2D eigenvalue weighted by Gasteiger charge is 2.25. The van der Waals surface area contributed by atoms with Gasteiger partial charge in [0.2, 0.25) is 5.88 Å². The number of rotatable bonds is 8. The number of carbonyl (C=O) groups is 1. The second-order valence-corrected chi connectivity index (χ2v) is 12.3. The summed E-state index contributed by atoms with van der Waals surface area (Å²) in [6.45, 7) is 10.0. The van der Waals surface area contributed by atoms with Gasteiger partial charge in [-0.2, -0.15) is 8.42 Å². The van der Waals surface area contributed by atoms with E-state index in [1.165, 1.54) is 11.6 Å². The van der Waals surface area contributed by atoms with Crippen LogP contribution in [-0.2, 0) is 16.6 Å². The van der Waals surface area contributed by atoms with Crippen LogP contribution in [0.4, 0.5) is 0 Å². The zero-order chi connectivity index (χ0) is 29.9. The summed E-state index contributed by atoms with van der Waals surface area (Å²) in [6, 6.07) is 22.3. The van der Waals surface area contributed by atoms with E-state index in [2.05, 4.69) is 32.8 Å². The minimum absolute atomic E-state index is 0. The van der Waals surface area contributed by atoms with Gasteiger partial charge in [-0.1, -0.05) is 60.2 Å². The van der Waals surface area contributed by atoms with Crippen LogP contribution in [0.15, 0.2) is 83.9 Å². The van der Waals surface area contributed by atoms with Crippen LogP contribution in [-0.4, -0.2) is 42.3 Å². The van der Waals surface area contributed by atoms with Crippen LogP contribution >= 0.6 is 0 Å². The Bertz CT molecular complexity index is 1760. The van der Waals surface area contributed by atoms with Gasteiger partial charge in [-0.25, -0.2) is 14.7 Å². The lowest BCUT2D eigenvalue weighted by Crippen LogP contribution is -2.31. The average Bonchev–Trinajstić information content (AvgIpc) is 2.95. The van der Waals surface area contributed by atoms with Gasteiger partial charge < -0.3 is 4.74 Å². The number of sulfonamides is 1. The Morgan fingerprint density at radius 2 is 1.69 bits per heavy atom. The lowest BCUT2D eigenvalue weighted by Gasteiger charge is -2.26. The maximum Gasteiger partial charge on any atom is 0.281 e. The molecular formula is C33H38N4O4S. The zero-order valence-corrected chi connectivity index (χ0v) is 25.0. The fraction of sp³-hybridized carbons (Fsp3) is 0.242. The highest BCUT2D eigenvalue weighted by Crippen LogP contribution is 2.33. The Kier molecular flexibility index (Phi) is 8.51. The van der Waals surface area contributed by atoms with Crippen molar-refractivity contribution in [2.45, 2.75) is 45.7 Å². The minimum Gasteiger partial charge on any atom is -0.438 e. The summed E-state index contributed by atoms with van der Waals surface area (Å²) in [6.07, 6.45) is 2.93. The molecule has 1 aliphatic heterocycles. The predicted molar refractivity (Wildman–Crippen MR) is 167 cm³/mol. The minimum atomic E-state index is -4.22. The number of aryl methyl sites for hydroxylation is 4. The number of amides is 1. The van der Waals surface area contributed by atoms with Gasteiger partial charge in [0.05, 0.1) is 5.69 Å². The Hall–Kier alpha value is -4.34. The molecule has 2 aromatic heterocycles. The molecule has 0 aliphatic carbocycles. The topological polar surface area (TPSA) is 101 Å². The summed E-state index contributed by atoms with van der Waals surface area (Å²) < 4.78 is 34.4. The molecule has 1 aliphatic rings. The fourth-order valence-electron chi connectivity index (χ4n) is 5.12. The van der Waals surface area contributed by atoms with Crippen molar-refractivity contribution in [2.75, 3.05) is 13.1 Å². The van der Waals surface area contributed by atoms with Gasteiger partial charge in [-0.3, -0.25) is 9.69 Å². The second-order valence-electron chi connectivity index (χ2n) is 10.6. The molecule has 0 bridgehead atoms. The maximum atomic E-state index is 13.4. The van der Waals surface area contributed by atoms with Crippen LogP contribution in [0.25, 0.3) is 5.57 Å². The maximum absolute atomic E-state index is 13.4. The molecule has 5 rings (SSSR count). The van der Waals surface area contributed by atoms with E-state index in [0.29, 0.717) is 17.1 Å². The summed E-state index contributed by atoms with van der Waals surface area (Å²) >= 11 is 0. The van der Waals surface area contributed by atoms with Crippen LogP contribution < -0.4 is 9.46 Å². The van der Waals surface area contributed by atoms with Crippen LogP contribution in [0.5, 0.6) is 11.6 Å². The first kappa shape index (κ1) is 29.2. The van der Waals surface area contributed by atoms with Crippen molar-refractivity contribution in [1.29, 1.82) is 0 Å². The Balaban J connectivity index is 0.00000264. The molecule has 4 aromatic rings. The smallest absolute Gasteiger partial charge is 0.281 e. The third-order valence-electron chi connectivity index (χ3n) is 7.14. The number of nitrogens with one attached hydrogen (secondary N) is 1. The Morgan fingerprint density at radius 1 is 0.952 bits per heavy atom. The number of ether oxygens (including phenoxy) is 1. The van der Waals surface area contributed by atoms with Crippen molar-refractivity contribution in [2.24, 2.45) is 0 Å². The Morgan fingerprint density at radius 3 is 2.36 bits per heavy atom. The third kappa shape index (κ3) is 6.75. The van der Waals surface area contributed by atoms with E-state index >= 15 is 0 Å². The molecule has 1 amide bonds. The van der Waals surface area contributed by atoms with Crippen LogP contribution in [0.2, 0.25) is 0 Å². The molecule has 0 fully saturated rings. The van der Waals surface area contributed by atoms with Crippen molar-refractivity contribution in [3.63, 3.8) is 0 Å². The number of carbonyl (C=O) groups excluding carboxylic acids is 1. The molecule has 220 valence electrons. The van der Waals surface area contributed by atoms with E-state index < -0.39 is 15.9 Å². The second kappa shape index (κ2) is 12.3. The van der Waals surface area contributed by atoms with Crippen LogP contribution in [0, 0.1) is 27.7 Å². The normalized spacial score (nSPS) is 13.9. The van der Waals surface area contributed by atoms with E-state index in [-0.39, 0.29) is 19.3 Å². The first-order valence-corrected chi connectivity index (χ1v) is 15.3. The number of aromatic nitrogens is 2. The molecule has 8 nitrogen and oxygen atoms in total. The SMILES string of the molecule is Cc1cc(C)c(Oc2nc(C3=CCN(Cc4ccccc4)CC3)ccc2C(=O)NS(=O)(=O)c2cccc(C)n2)c(C)c1.[HH].[HH]. The van der Waals surface area contributed by atoms with Gasteiger partial charge >= 0.3 is 0 Å². The molecule has 0 radical (unpaired) electrons. The van der Waals surface area contributed by atoms with Crippen molar-refractivity contribution >= 4 is 21.5 Å². The summed E-state index contributed by atoms with van der Waals surface area (Å²) in [5, 5.41) is -0.236. The quantitative estimate of drug-likeness (QED) is 0.255. The predicted octanol–water partition coefficient (Wildman–Crippen LogP) is 6.40. The van der Waals surface area contributed by atoms with Gasteiger partial charge in [0.25, 0.3) is 15.9 Å². The van der Waals surface area contributed by atoms with Gasteiger partial charge in [0.1, 0.15) is 11.3 Å². The molecule has 9 heteroatoms. The highest BCUT2D eigenvalue weighted by molar-refractivity contribution is 7.90. The number of hydrogen-bond acceptors (Lipinski definition) is 7. The van der Waals surface area contributed by atoms with Gasteiger partial charge in [0.15, 0.2) is 5.03 Å². The van der Waals surface area contributed by atoms with E-state index in [0.717, 1.165) is 48.3 Å². The summed E-state index contributed by atoms with van der Waals surface area (Å²) in [5.74, 6) is -0.226.